The Morgan fingerprint density at radius 2 is 1.76 bits per heavy atom. The molecule has 1 saturated heterocycles. The summed E-state index contributed by atoms with van der Waals surface area (Å²) in [6.45, 7) is 1.97. The summed E-state index contributed by atoms with van der Waals surface area (Å²) in [5, 5.41) is 3.20. The molecule has 0 aliphatic carbocycles. The van der Waals surface area contributed by atoms with E-state index in [1.54, 1.807) is 55.5 Å². The average molecular weight is 560 g/mol. The third kappa shape index (κ3) is 5.17. The number of benzene rings is 3. The number of ether oxygens (including phenoxy) is 1. The van der Waals surface area contributed by atoms with E-state index in [-0.39, 0.29) is 12.2 Å². The zero-order valence-corrected chi connectivity index (χ0v) is 20.9. The lowest BCUT2D eigenvalue weighted by atomic mass is 10.0. The van der Waals surface area contributed by atoms with Crippen molar-refractivity contribution in [1.29, 1.82) is 0 Å². The lowest BCUT2D eigenvalue weighted by molar-refractivity contribution is -0.122. The third-order valence-corrected chi connectivity index (χ3v) is 6.02. The zero-order chi connectivity index (χ0) is 24.4. The van der Waals surface area contributed by atoms with Gasteiger partial charge in [-0.1, -0.05) is 51.3 Å². The van der Waals surface area contributed by atoms with Crippen LogP contribution >= 0.6 is 39.1 Å². The number of amides is 4. The molecule has 1 N–H and O–H groups in total. The molecule has 34 heavy (non-hydrogen) atoms. The highest BCUT2D eigenvalue weighted by atomic mass is 79.9. The first-order chi connectivity index (χ1) is 16.2. The number of carbonyl (C=O) groups is 3. The van der Waals surface area contributed by atoms with Gasteiger partial charge in [0.05, 0.1) is 5.69 Å². The molecular formula is C25H17BrCl2N2O4. The fraction of sp³-hybridized carbons (Fsp3) is 0.0800. The maximum absolute atomic E-state index is 13.3. The van der Waals surface area contributed by atoms with Crippen LogP contribution in [0.3, 0.4) is 0 Å². The number of halogens is 3. The van der Waals surface area contributed by atoms with Crippen LogP contribution < -0.4 is 15.0 Å². The number of hydrogen-bond donors (Lipinski definition) is 1. The highest BCUT2D eigenvalue weighted by Gasteiger charge is 2.37. The Balaban J connectivity index is 1.69. The maximum Gasteiger partial charge on any atom is 0.335 e. The molecule has 3 aromatic rings. The number of urea groups is 1. The molecule has 4 amide bonds. The Morgan fingerprint density at radius 1 is 1.00 bits per heavy atom. The molecule has 0 spiro atoms. The topological polar surface area (TPSA) is 75.7 Å². The van der Waals surface area contributed by atoms with Gasteiger partial charge in [0, 0.05) is 20.1 Å². The molecule has 9 heteroatoms. The van der Waals surface area contributed by atoms with Crippen LogP contribution in [0.4, 0.5) is 10.5 Å². The second-order valence-electron chi connectivity index (χ2n) is 7.49. The first-order valence-electron chi connectivity index (χ1n) is 10.1. The summed E-state index contributed by atoms with van der Waals surface area (Å²) in [7, 11) is 0. The van der Waals surface area contributed by atoms with Gasteiger partial charge in [-0.05, 0) is 72.7 Å². The number of barbiturate groups is 1. The summed E-state index contributed by atoms with van der Waals surface area (Å²) in [5.74, 6) is -1.15. The number of nitrogens with one attached hydrogen (secondary N) is 1. The Morgan fingerprint density at radius 3 is 2.50 bits per heavy atom. The molecule has 3 aromatic carbocycles. The molecule has 0 unspecified atom stereocenters. The highest BCUT2D eigenvalue weighted by molar-refractivity contribution is 9.10. The number of aryl methyl sites for hydroxylation is 1. The van der Waals surface area contributed by atoms with E-state index in [1.807, 2.05) is 12.1 Å². The number of rotatable bonds is 5. The van der Waals surface area contributed by atoms with Gasteiger partial charge in [0.2, 0.25) is 0 Å². The summed E-state index contributed by atoms with van der Waals surface area (Å²) in [4.78, 5) is 39.4. The van der Waals surface area contributed by atoms with Crippen molar-refractivity contribution in [2.75, 3.05) is 4.90 Å². The number of nitrogens with zero attached hydrogens (tertiary/aromatic N) is 1. The van der Waals surface area contributed by atoms with E-state index in [2.05, 4.69) is 21.2 Å². The standard InChI is InChI=1S/C25H17BrCl2N2O4/c1-14-9-17(26)5-7-21(14)30-24(32)20(23(31)29-25(30)33)12-16-11-19(28)6-8-22(16)34-13-15-3-2-4-18(27)10-15/h2-12H,13H2,1H3,(H,29,31,33)/b20-12-. The van der Waals surface area contributed by atoms with Crippen LogP contribution in [-0.4, -0.2) is 17.8 Å². The predicted molar refractivity (Wildman–Crippen MR) is 135 cm³/mol. The molecular weight excluding hydrogens is 543 g/mol. The van der Waals surface area contributed by atoms with Gasteiger partial charge in [-0.15, -0.1) is 0 Å². The largest absolute Gasteiger partial charge is 0.488 e. The van der Waals surface area contributed by atoms with Gasteiger partial charge < -0.3 is 4.74 Å². The Labute approximate surface area is 214 Å². The quantitative estimate of drug-likeness (QED) is 0.293. The van der Waals surface area contributed by atoms with E-state index >= 15 is 0 Å². The summed E-state index contributed by atoms with van der Waals surface area (Å²) in [6.07, 6.45) is 1.37. The lowest BCUT2D eigenvalue weighted by Gasteiger charge is -2.27. The van der Waals surface area contributed by atoms with E-state index in [9.17, 15) is 14.4 Å². The minimum atomic E-state index is -0.818. The van der Waals surface area contributed by atoms with Gasteiger partial charge in [-0.3, -0.25) is 14.9 Å². The molecule has 0 bridgehead atoms. The summed E-state index contributed by atoms with van der Waals surface area (Å²) >= 11 is 15.6. The van der Waals surface area contributed by atoms with E-state index in [1.165, 1.54) is 6.08 Å². The van der Waals surface area contributed by atoms with Crippen LogP contribution in [0.2, 0.25) is 10.0 Å². The van der Waals surface area contributed by atoms with Crippen molar-refractivity contribution >= 4 is 68.7 Å². The van der Waals surface area contributed by atoms with Gasteiger partial charge in [0.1, 0.15) is 17.9 Å². The molecule has 0 aromatic heterocycles. The van der Waals surface area contributed by atoms with E-state index in [0.29, 0.717) is 32.6 Å². The van der Waals surface area contributed by atoms with Gasteiger partial charge >= 0.3 is 6.03 Å². The van der Waals surface area contributed by atoms with Crippen LogP contribution in [0.25, 0.3) is 6.08 Å². The van der Waals surface area contributed by atoms with Crippen LogP contribution in [0, 0.1) is 6.92 Å². The van der Waals surface area contributed by atoms with Crippen molar-refractivity contribution < 1.29 is 19.1 Å². The highest BCUT2D eigenvalue weighted by Crippen LogP contribution is 2.30. The van der Waals surface area contributed by atoms with Gasteiger partial charge in [0.15, 0.2) is 0 Å². The third-order valence-electron chi connectivity index (χ3n) is 5.06. The summed E-state index contributed by atoms with van der Waals surface area (Å²) in [6, 6.07) is 16.4. The summed E-state index contributed by atoms with van der Waals surface area (Å²) < 4.78 is 6.72. The molecule has 4 rings (SSSR count). The number of imide groups is 2. The fourth-order valence-electron chi connectivity index (χ4n) is 3.45. The zero-order valence-electron chi connectivity index (χ0n) is 17.8. The van der Waals surface area contributed by atoms with Crippen molar-refractivity contribution in [1.82, 2.24) is 5.32 Å². The smallest absolute Gasteiger partial charge is 0.335 e. The molecule has 0 radical (unpaired) electrons. The Bertz CT molecular complexity index is 1360. The normalized spacial score (nSPS) is 15.0. The van der Waals surface area contributed by atoms with Crippen molar-refractivity contribution in [3.05, 3.63) is 97.4 Å². The van der Waals surface area contributed by atoms with Gasteiger partial charge in [-0.25, -0.2) is 9.69 Å². The van der Waals surface area contributed by atoms with E-state index < -0.39 is 17.8 Å². The average Bonchev–Trinajstić information content (AvgIpc) is 2.77. The molecule has 1 aliphatic rings. The lowest BCUT2D eigenvalue weighted by Crippen LogP contribution is -2.54. The van der Waals surface area contributed by atoms with Crippen molar-refractivity contribution in [3.8, 4) is 5.75 Å². The predicted octanol–water partition coefficient (Wildman–Crippen LogP) is 6.31. The van der Waals surface area contributed by atoms with E-state index in [4.69, 9.17) is 27.9 Å². The van der Waals surface area contributed by atoms with Gasteiger partial charge in [-0.2, -0.15) is 0 Å². The second kappa shape index (κ2) is 10.0. The molecule has 1 heterocycles. The molecule has 6 nitrogen and oxygen atoms in total. The fourth-order valence-corrected chi connectivity index (χ4v) is 4.32. The molecule has 0 saturated carbocycles. The maximum atomic E-state index is 13.3. The SMILES string of the molecule is Cc1cc(Br)ccc1N1C(=O)NC(=O)/C(=C/c2cc(Cl)ccc2OCc2cccc(Cl)c2)C1=O. The Kier molecular flexibility index (Phi) is 7.07. The van der Waals surface area contributed by atoms with Crippen LogP contribution in [0.5, 0.6) is 5.75 Å². The first-order valence-corrected chi connectivity index (χ1v) is 11.6. The molecule has 1 aliphatic heterocycles. The molecule has 0 atom stereocenters. The second-order valence-corrected chi connectivity index (χ2v) is 9.28. The minimum absolute atomic E-state index is 0.210. The minimum Gasteiger partial charge on any atom is -0.488 e. The monoisotopic (exact) mass is 558 g/mol. The van der Waals surface area contributed by atoms with Crippen LogP contribution in [-0.2, 0) is 16.2 Å². The van der Waals surface area contributed by atoms with Crippen LogP contribution in [0.15, 0.2) is 70.7 Å². The van der Waals surface area contributed by atoms with E-state index in [0.717, 1.165) is 14.9 Å². The Hall–Kier alpha value is -3.13. The van der Waals surface area contributed by atoms with Crippen molar-refractivity contribution in [3.63, 3.8) is 0 Å². The first kappa shape index (κ1) is 24.0. The molecule has 172 valence electrons. The summed E-state index contributed by atoms with van der Waals surface area (Å²) in [5.41, 5.74) is 2.08. The number of hydrogen-bond acceptors (Lipinski definition) is 4. The van der Waals surface area contributed by atoms with Crippen molar-refractivity contribution in [2.45, 2.75) is 13.5 Å². The molecule has 1 fully saturated rings. The van der Waals surface area contributed by atoms with Crippen LogP contribution in [0.1, 0.15) is 16.7 Å². The van der Waals surface area contributed by atoms with Crippen molar-refractivity contribution in [2.24, 2.45) is 0 Å². The number of anilines is 1. The van der Waals surface area contributed by atoms with Gasteiger partial charge in [0.25, 0.3) is 11.8 Å². The number of carbonyl (C=O) groups excluding carboxylic acids is 3.